The minimum absolute atomic E-state index is 0.119. The number of primary amides is 1. The summed E-state index contributed by atoms with van der Waals surface area (Å²) in [5, 5.41) is 0. The van der Waals surface area contributed by atoms with Gasteiger partial charge in [0, 0.05) is 25.9 Å². The average molecular weight is 251 g/mol. The van der Waals surface area contributed by atoms with Gasteiger partial charge in [0.1, 0.15) is 0 Å². The quantitative estimate of drug-likeness (QED) is 0.834. The van der Waals surface area contributed by atoms with Crippen LogP contribution in [0.5, 0.6) is 0 Å². The lowest BCUT2D eigenvalue weighted by molar-refractivity contribution is -0.123. The number of hydrogen-bond acceptors (Lipinski definition) is 4. The van der Waals surface area contributed by atoms with Crippen molar-refractivity contribution in [2.24, 2.45) is 11.7 Å². The molecule has 2 rings (SSSR count). The summed E-state index contributed by atoms with van der Waals surface area (Å²) in [6.45, 7) is 4.53. The van der Waals surface area contributed by atoms with E-state index in [0.29, 0.717) is 43.3 Å². The van der Waals surface area contributed by atoms with Crippen LogP contribution in [0.3, 0.4) is 0 Å². The van der Waals surface area contributed by atoms with Crippen LogP contribution < -0.4 is 5.73 Å². The molecule has 98 valence electrons. The van der Waals surface area contributed by atoms with Crippen LogP contribution in [-0.4, -0.2) is 34.8 Å². The molecular weight excluding hydrogens is 234 g/mol. The molecule has 6 nitrogen and oxygen atoms in total. The second-order valence-electron chi connectivity index (χ2n) is 4.62. The number of nitrogens with zero attached hydrogens (tertiary/aromatic N) is 2. The van der Waals surface area contributed by atoms with Gasteiger partial charge >= 0.3 is 0 Å². The Kier molecular flexibility index (Phi) is 3.36. The third kappa shape index (κ3) is 2.37. The van der Waals surface area contributed by atoms with Crippen molar-refractivity contribution in [3.63, 3.8) is 0 Å². The molecule has 0 aromatic carbocycles. The fourth-order valence-corrected chi connectivity index (χ4v) is 2.24. The molecule has 1 aromatic rings. The van der Waals surface area contributed by atoms with Crippen molar-refractivity contribution in [2.75, 3.05) is 13.1 Å². The van der Waals surface area contributed by atoms with Crippen molar-refractivity contribution in [1.29, 1.82) is 0 Å². The minimum atomic E-state index is -0.284. The summed E-state index contributed by atoms with van der Waals surface area (Å²) in [5.74, 6) is 0.226. The maximum Gasteiger partial charge on any atom is 0.291 e. The zero-order valence-corrected chi connectivity index (χ0v) is 10.6. The Morgan fingerprint density at radius 3 is 2.39 bits per heavy atom. The summed E-state index contributed by atoms with van der Waals surface area (Å²) in [6.07, 6.45) is 1.24. The van der Waals surface area contributed by atoms with Gasteiger partial charge in [-0.3, -0.25) is 9.59 Å². The molecule has 18 heavy (non-hydrogen) atoms. The highest BCUT2D eigenvalue weighted by molar-refractivity contribution is 5.92. The first-order valence-electron chi connectivity index (χ1n) is 6.01. The van der Waals surface area contributed by atoms with Gasteiger partial charge in [-0.2, -0.15) is 0 Å². The van der Waals surface area contributed by atoms with Gasteiger partial charge in [-0.25, -0.2) is 4.98 Å². The van der Waals surface area contributed by atoms with E-state index in [2.05, 4.69) is 4.98 Å². The third-order valence-corrected chi connectivity index (χ3v) is 3.28. The first kappa shape index (κ1) is 12.6. The van der Waals surface area contributed by atoms with E-state index in [1.54, 1.807) is 18.7 Å². The maximum absolute atomic E-state index is 12.2. The molecule has 0 radical (unpaired) electrons. The lowest BCUT2D eigenvalue weighted by Gasteiger charge is -2.29. The summed E-state index contributed by atoms with van der Waals surface area (Å²) in [5.41, 5.74) is 5.86. The molecule has 1 aliphatic rings. The number of carbonyl (C=O) groups excluding carboxylic acids is 2. The molecule has 6 heteroatoms. The number of nitrogens with two attached hydrogens (primary N) is 1. The lowest BCUT2D eigenvalue weighted by Crippen LogP contribution is -2.41. The van der Waals surface area contributed by atoms with E-state index in [0.717, 1.165) is 0 Å². The maximum atomic E-state index is 12.2. The monoisotopic (exact) mass is 251 g/mol. The van der Waals surface area contributed by atoms with Crippen LogP contribution in [0.15, 0.2) is 4.42 Å². The number of hydrogen-bond donors (Lipinski definition) is 1. The smallest absolute Gasteiger partial charge is 0.291 e. The van der Waals surface area contributed by atoms with Crippen molar-refractivity contribution in [3.05, 3.63) is 17.3 Å². The Morgan fingerprint density at radius 1 is 1.33 bits per heavy atom. The van der Waals surface area contributed by atoms with Gasteiger partial charge in [0.05, 0.1) is 5.69 Å². The molecule has 1 fully saturated rings. The van der Waals surface area contributed by atoms with Gasteiger partial charge in [0.2, 0.25) is 11.7 Å². The van der Waals surface area contributed by atoms with Crippen LogP contribution in [0.4, 0.5) is 0 Å². The first-order valence-corrected chi connectivity index (χ1v) is 6.01. The summed E-state index contributed by atoms with van der Waals surface area (Å²) in [6, 6.07) is 0. The van der Waals surface area contributed by atoms with Gasteiger partial charge < -0.3 is 15.1 Å². The van der Waals surface area contributed by atoms with E-state index in [9.17, 15) is 9.59 Å². The highest BCUT2D eigenvalue weighted by Crippen LogP contribution is 2.20. The summed E-state index contributed by atoms with van der Waals surface area (Å²) in [4.78, 5) is 29.0. The van der Waals surface area contributed by atoms with Crippen LogP contribution in [0.1, 0.15) is 35.0 Å². The molecule has 0 atom stereocenters. The number of carbonyl (C=O) groups is 2. The molecule has 1 saturated heterocycles. The van der Waals surface area contributed by atoms with Crippen molar-refractivity contribution >= 4 is 11.8 Å². The standard InChI is InChI=1S/C12H17N3O3/c1-7-10(18-8(2)14-7)12(17)15-5-3-9(4-6-15)11(13)16/h9H,3-6H2,1-2H3,(H2,13,16). The highest BCUT2D eigenvalue weighted by atomic mass is 16.4. The fraction of sp³-hybridized carbons (Fsp3) is 0.583. The normalized spacial score (nSPS) is 16.9. The number of likely N-dealkylation sites (tertiary alicyclic amines) is 1. The van der Waals surface area contributed by atoms with E-state index in [-0.39, 0.29) is 17.7 Å². The van der Waals surface area contributed by atoms with Crippen LogP contribution >= 0.6 is 0 Å². The number of aromatic nitrogens is 1. The van der Waals surface area contributed by atoms with Crippen molar-refractivity contribution < 1.29 is 14.0 Å². The first-order chi connectivity index (χ1) is 8.49. The number of oxazole rings is 1. The van der Waals surface area contributed by atoms with E-state index in [4.69, 9.17) is 10.2 Å². The number of piperidine rings is 1. The average Bonchev–Trinajstić information content (AvgIpc) is 2.67. The molecule has 0 spiro atoms. The topological polar surface area (TPSA) is 89.4 Å². The van der Waals surface area contributed by atoms with Crippen molar-refractivity contribution in [1.82, 2.24) is 9.88 Å². The third-order valence-electron chi connectivity index (χ3n) is 3.28. The predicted molar refractivity (Wildman–Crippen MR) is 63.8 cm³/mol. The van der Waals surface area contributed by atoms with E-state index in [1.165, 1.54) is 0 Å². The SMILES string of the molecule is Cc1nc(C)c(C(=O)N2CCC(C(N)=O)CC2)o1. The molecule has 1 aromatic heterocycles. The summed E-state index contributed by atoms with van der Waals surface area (Å²) < 4.78 is 5.31. The van der Waals surface area contributed by atoms with Crippen LogP contribution in [0.2, 0.25) is 0 Å². The molecule has 1 aliphatic heterocycles. The molecule has 0 aliphatic carbocycles. The van der Waals surface area contributed by atoms with Gasteiger partial charge in [-0.05, 0) is 19.8 Å². The molecule has 0 saturated carbocycles. The molecule has 2 N–H and O–H groups in total. The molecular formula is C12H17N3O3. The Hall–Kier alpha value is -1.85. The molecule has 2 amide bonds. The Morgan fingerprint density at radius 2 is 1.94 bits per heavy atom. The van der Waals surface area contributed by atoms with Gasteiger partial charge in [0.25, 0.3) is 5.91 Å². The lowest BCUT2D eigenvalue weighted by atomic mass is 9.96. The van der Waals surface area contributed by atoms with E-state index in [1.807, 2.05) is 0 Å². The zero-order valence-electron chi connectivity index (χ0n) is 10.6. The number of aryl methyl sites for hydroxylation is 2. The summed E-state index contributed by atoms with van der Waals surface area (Å²) >= 11 is 0. The predicted octanol–water partition coefficient (Wildman–Crippen LogP) is 0.629. The fourth-order valence-electron chi connectivity index (χ4n) is 2.24. The molecule has 0 unspecified atom stereocenters. The number of rotatable bonds is 2. The largest absolute Gasteiger partial charge is 0.436 e. The van der Waals surface area contributed by atoms with Gasteiger partial charge in [0.15, 0.2) is 5.89 Å². The Labute approximate surface area is 105 Å². The van der Waals surface area contributed by atoms with Crippen molar-refractivity contribution in [3.8, 4) is 0 Å². The zero-order chi connectivity index (χ0) is 13.3. The van der Waals surface area contributed by atoms with Crippen LogP contribution in [0.25, 0.3) is 0 Å². The van der Waals surface area contributed by atoms with Crippen LogP contribution in [-0.2, 0) is 4.79 Å². The van der Waals surface area contributed by atoms with Crippen molar-refractivity contribution in [2.45, 2.75) is 26.7 Å². The van der Waals surface area contributed by atoms with E-state index >= 15 is 0 Å². The summed E-state index contributed by atoms with van der Waals surface area (Å²) in [7, 11) is 0. The second kappa shape index (κ2) is 4.80. The van der Waals surface area contributed by atoms with Crippen LogP contribution in [0, 0.1) is 19.8 Å². The van der Waals surface area contributed by atoms with Gasteiger partial charge in [-0.15, -0.1) is 0 Å². The van der Waals surface area contributed by atoms with E-state index < -0.39 is 0 Å². The second-order valence-corrected chi connectivity index (χ2v) is 4.62. The minimum Gasteiger partial charge on any atom is -0.436 e. The molecule has 2 heterocycles. The van der Waals surface area contributed by atoms with Gasteiger partial charge in [-0.1, -0.05) is 0 Å². The highest BCUT2D eigenvalue weighted by Gasteiger charge is 2.29. The number of amides is 2. The Balaban J connectivity index is 2.04. The Bertz CT molecular complexity index is 473. The molecule has 0 bridgehead atoms.